The summed E-state index contributed by atoms with van der Waals surface area (Å²) >= 11 is 0. The zero-order chi connectivity index (χ0) is 13.7. The molecule has 18 heavy (non-hydrogen) atoms. The van der Waals surface area contributed by atoms with E-state index >= 15 is 0 Å². The topological polar surface area (TPSA) is 38.3 Å². The van der Waals surface area contributed by atoms with Gasteiger partial charge in [0.05, 0.1) is 0 Å². The van der Waals surface area contributed by atoms with Crippen LogP contribution in [-0.2, 0) is 4.79 Å². The van der Waals surface area contributed by atoms with Gasteiger partial charge in [-0.3, -0.25) is 4.79 Å². The summed E-state index contributed by atoms with van der Waals surface area (Å²) in [4.78, 5) is 11.7. The molecule has 1 N–H and O–H groups in total. The molecule has 1 atom stereocenters. The minimum Gasteiger partial charge on any atom is -0.478 e. The maximum atomic E-state index is 13.7. The molecule has 1 aromatic carbocycles. The molecule has 1 rings (SSSR count). The van der Waals surface area contributed by atoms with Crippen LogP contribution in [0.15, 0.2) is 18.2 Å². The van der Waals surface area contributed by atoms with Crippen molar-refractivity contribution in [1.29, 1.82) is 0 Å². The summed E-state index contributed by atoms with van der Waals surface area (Å²) in [5.41, 5.74) is 0.502. The van der Waals surface area contributed by atoms with Crippen LogP contribution in [0.25, 0.3) is 0 Å². The van der Waals surface area contributed by atoms with E-state index < -0.39 is 11.9 Å². The van der Waals surface area contributed by atoms with Crippen LogP contribution in [0, 0.1) is 18.7 Å². The van der Waals surface area contributed by atoms with Crippen LogP contribution in [0.4, 0.5) is 4.39 Å². The minimum absolute atomic E-state index is 0.113. The minimum atomic E-state index is -0.708. The molecule has 0 bridgehead atoms. The number of halogens is 1. The molecule has 0 radical (unpaired) electrons. The summed E-state index contributed by atoms with van der Waals surface area (Å²) in [5.74, 6) is -0.162. The lowest BCUT2D eigenvalue weighted by Gasteiger charge is -2.16. The van der Waals surface area contributed by atoms with Gasteiger partial charge in [0.1, 0.15) is 0 Å². The van der Waals surface area contributed by atoms with Crippen LogP contribution in [0.5, 0.6) is 5.75 Å². The average molecular weight is 253 g/mol. The first-order valence-electron chi connectivity index (χ1n) is 6.11. The predicted molar refractivity (Wildman–Crippen MR) is 69.1 cm³/mol. The summed E-state index contributed by atoms with van der Waals surface area (Å²) in [7, 11) is 0. The van der Waals surface area contributed by atoms with Gasteiger partial charge in [-0.2, -0.15) is 0 Å². The smallest absolute Gasteiger partial charge is 0.260 e. The summed E-state index contributed by atoms with van der Waals surface area (Å²) in [6.07, 6.45) is -0.708. The highest BCUT2D eigenvalue weighted by Gasteiger charge is 2.17. The molecule has 0 fully saturated rings. The van der Waals surface area contributed by atoms with Crippen molar-refractivity contribution in [2.75, 3.05) is 6.54 Å². The van der Waals surface area contributed by atoms with Crippen molar-refractivity contribution in [1.82, 2.24) is 5.32 Å². The SMILES string of the molecule is Cc1cccc(OC(C)C(=O)NCC(C)C)c1F. The van der Waals surface area contributed by atoms with E-state index in [9.17, 15) is 9.18 Å². The van der Waals surface area contributed by atoms with E-state index in [1.807, 2.05) is 13.8 Å². The number of nitrogens with one attached hydrogen (secondary N) is 1. The quantitative estimate of drug-likeness (QED) is 0.876. The molecule has 4 heteroatoms. The van der Waals surface area contributed by atoms with Gasteiger partial charge in [-0.1, -0.05) is 26.0 Å². The fraction of sp³-hybridized carbons (Fsp3) is 0.500. The summed E-state index contributed by atoms with van der Waals surface area (Å²) < 4.78 is 19.0. The van der Waals surface area contributed by atoms with E-state index in [1.54, 1.807) is 26.0 Å². The zero-order valence-corrected chi connectivity index (χ0v) is 11.3. The Hall–Kier alpha value is -1.58. The summed E-state index contributed by atoms with van der Waals surface area (Å²) in [5, 5.41) is 2.75. The third-order valence-corrected chi connectivity index (χ3v) is 2.51. The van der Waals surface area contributed by atoms with Gasteiger partial charge in [-0.25, -0.2) is 4.39 Å². The Morgan fingerprint density at radius 2 is 2.06 bits per heavy atom. The largest absolute Gasteiger partial charge is 0.478 e. The zero-order valence-electron chi connectivity index (χ0n) is 11.3. The lowest BCUT2D eigenvalue weighted by atomic mass is 10.2. The number of ether oxygens (including phenoxy) is 1. The van der Waals surface area contributed by atoms with E-state index in [4.69, 9.17) is 4.74 Å². The molecule has 0 saturated heterocycles. The maximum absolute atomic E-state index is 13.7. The summed E-state index contributed by atoms with van der Waals surface area (Å²) in [6, 6.07) is 4.88. The van der Waals surface area contributed by atoms with Crippen molar-refractivity contribution in [3.05, 3.63) is 29.6 Å². The van der Waals surface area contributed by atoms with Crippen molar-refractivity contribution >= 4 is 5.91 Å². The van der Waals surface area contributed by atoms with E-state index in [0.717, 1.165) is 0 Å². The molecular weight excluding hydrogens is 233 g/mol. The van der Waals surface area contributed by atoms with Gasteiger partial charge in [0.2, 0.25) is 0 Å². The van der Waals surface area contributed by atoms with Gasteiger partial charge < -0.3 is 10.1 Å². The molecule has 1 unspecified atom stereocenters. The molecule has 0 aliphatic carbocycles. The molecule has 0 aliphatic heterocycles. The Morgan fingerprint density at radius 1 is 1.39 bits per heavy atom. The molecule has 0 heterocycles. The van der Waals surface area contributed by atoms with E-state index in [-0.39, 0.29) is 11.7 Å². The fourth-order valence-corrected chi connectivity index (χ4v) is 1.40. The van der Waals surface area contributed by atoms with Crippen LogP contribution in [-0.4, -0.2) is 18.6 Å². The predicted octanol–water partition coefficient (Wildman–Crippen LogP) is 2.67. The number of hydrogen-bond donors (Lipinski definition) is 1. The van der Waals surface area contributed by atoms with Crippen LogP contribution in [0.1, 0.15) is 26.3 Å². The first-order valence-corrected chi connectivity index (χ1v) is 6.11. The lowest BCUT2D eigenvalue weighted by Crippen LogP contribution is -2.38. The Balaban J connectivity index is 2.61. The molecule has 3 nitrogen and oxygen atoms in total. The van der Waals surface area contributed by atoms with Crippen LogP contribution >= 0.6 is 0 Å². The standard InChI is InChI=1S/C14H20FNO2/c1-9(2)8-16-14(17)11(4)18-12-7-5-6-10(3)13(12)15/h5-7,9,11H,8H2,1-4H3,(H,16,17). The number of carbonyl (C=O) groups excluding carboxylic acids is 1. The van der Waals surface area contributed by atoms with E-state index in [1.165, 1.54) is 6.07 Å². The third-order valence-electron chi connectivity index (χ3n) is 2.51. The van der Waals surface area contributed by atoms with Gasteiger partial charge in [-0.15, -0.1) is 0 Å². The molecule has 0 aromatic heterocycles. The maximum Gasteiger partial charge on any atom is 0.260 e. The molecular formula is C14H20FNO2. The highest BCUT2D eigenvalue weighted by Crippen LogP contribution is 2.20. The van der Waals surface area contributed by atoms with Crippen LogP contribution < -0.4 is 10.1 Å². The van der Waals surface area contributed by atoms with Crippen LogP contribution in [0.3, 0.4) is 0 Å². The number of aryl methyl sites for hydroxylation is 1. The Bertz CT molecular complexity index is 418. The summed E-state index contributed by atoms with van der Waals surface area (Å²) in [6.45, 7) is 7.87. The van der Waals surface area contributed by atoms with Crippen molar-refractivity contribution < 1.29 is 13.9 Å². The molecule has 1 aromatic rings. The van der Waals surface area contributed by atoms with Crippen molar-refractivity contribution in [3.8, 4) is 5.75 Å². The molecule has 0 saturated carbocycles. The first kappa shape index (κ1) is 14.5. The highest BCUT2D eigenvalue weighted by molar-refractivity contribution is 5.80. The normalized spacial score (nSPS) is 12.3. The lowest BCUT2D eigenvalue weighted by molar-refractivity contribution is -0.127. The second kappa shape index (κ2) is 6.38. The Kier molecular flexibility index (Phi) is 5.13. The Morgan fingerprint density at radius 3 is 2.67 bits per heavy atom. The van der Waals surface area contributed by atoms with E-state index in [2.05, 4.69) is 5.32 Å². The third kappa shape index (κ3) is 4.02. The van der Waals surface area contributed by atoms with Crippen LogP contribution in [0.2, 0.25) is 0 Å². The number of benzene rings is 1. The molecule has 1 amide bonds. The van der Waals surface area contributed by atoms with Gasteiger partial charge in [0, 0.05) is 6.54 Å². The first-order chi connectivity index (χ1) is 8.41. The number of carbonyl (C=O) groups is 1. The molecule has 0 aliphatic rings. The monoisotopic (exact) mass is 253 g/mol. The second-order valence-electron chi connectivity index (χ2n) is 4.79. The second-order valence-corrected chi connectivity index (χ2v) is 4.79. The number of hydrogen-bond acceptors (Lipinski definition) is 2. The molecule has 0 spiro atoms. The molecule has 100 valence electrons. The van der Waals surface area contributed by atoms with Crippen molar-refractivity contribution in [2.45, 2.75) is 33.8 Å². The van der Waals surface area contributed by atoms with E-state index in [0.29, 0.717) is 18.0 Å². The number of rotatable bonds is 5. The Labute approximate surface area is 107 Å². The van der Waals surface area contributed by atoms with Gasteiger partial charge in [0.25, 0.3) is 5.91 Å². The van der Waals surface area contributed by atoms with Gasteiger partial charge in [0.15, 0.2) is 17.7 Å². The van der Waals surface area contributed by atoms with Gasteiger partial charge >= 0.3 is 0 Å². The highest BCUT2D eigenvalue weighted by atomic mass is 19.1. The average Bonchev–Trinajstić information content (AvgIpc) is 2.31. The fourth-order valence-electron chi connectivity index (χ4n) is 1.40. The van der Waals surface area contributed by atoms with Crippen molar-refractivity contribution in [3.63, 3.8) is 0 Å². The van der Waals surface area contributed by atoms with Gasteiger partial charge in [-0.05, 0) is 31.4 Å². The number of amides is 1. The van der Waals surface area contributed by atoms with Crippen molar-refractivity contribution in [2.24, 2.45) is 5.92 Å².